The Kier molecular flexibility index (Phi) is 6.90. The molecule has 3 rings (SSSR count). The first-order valence-electron chi connectivity index (χ1n) is 10.1. The number of hydrogen-bond acceptors (Lipinski definition) is 5. The number of nitrogens with zero attached hydrogens (tertiary/aromatic N) is 1. The van der Waals surface area contributed by atoms with Gasteiger partial charge in [0.25, 0.3) is 0 Å². The number of anilines is 1. The number of aromatic carboxylic acids is 1. The first-order valence-corrected chi connectivity index (χ1v) is 10.1. The molecule has 3 N–H and O–H groups in total. The normalized spacial score (nSPS) is 15.9. The fraction of sp³-hybridized carbons (Fsp3) is 0.435. The molecular formula is C23H29NO5. The minimum atomic E-state index is -0.944. The third-order valence-electron chi connectivity index (χ3n) is 5.69. The van der Waals surface area contributed by atoms with Gasteiger partial charge in [0.15, 0.2) is 0 Å². The van der Waals surface area contributed by atoms with E-state index >= 15 is 0 Å². The molecule has 0 aliphatic carbocycles. The predicted octanol–water partition coefficient (Wildman–Crippen LogP) is 3.39. The fourth-order valence-corrected chi connectivity index (χ4v) is 4.01. The number of benzene rings is 2. The average Bonchev–Trinajstić information content (AvgIpc) is 2.75. The minimum absolute atomic E-state index is 0.294. The monoisotopic (exact) mass is 399 g/mol. The van der Waals surface area contributed by atoms with Crippen LogP contribution in [0.1, 0.15) is 47.4 Å². The van der Waals surface area contributed by atoms with E-state index in [1.165, 1.54) is 0 Å². The average molecular weight is 399 g/mol. The maximum absolute atomic E-state index is 11.9. The molecule has 1 saturated heterocycles. The Morgan fingerprint density at radius 2 is 1.83 bits per heavy atom. The Balaban J connectivity index is 2.05. The van der Waals surface area contributed by atoms with Crippen LogP contribution in [0.4, 0.5) is 5.69 Å². The number of carbonyl (C=O) groups is 1. The fourth-order valence-electron chi connectivity index (χ4n) is 4.01. The highest BCUT2D eigenvalue weighted by atomic mass is 16.5. The van der Waals surface area contributed by atoms with E-state index in [4.69, 9.17) is 9.84 Å². The van der Waals surface area contributed by atoms with Gasteiger partial charge >= 0.3 is 5.97 Å². The Morgan fingerprint density at radius 1 is 1.17 bits per heavy atom. The lowest BCUT2D eigenvalue weighted by Crippen LogP contribution is -2.40. The number of rotatable bonds is 7. The Bertz CT molecular complexity index is 843. The van der Waals surface area contributed by atoms with Crippen molar-refractivity contribution in [3.05, 3.63) is 53.1 Å². The van der Waals surface area contributed by atoms with Crippen LogP contribution in [-0.2, 0) is 4.74 Å². The second-order valence-corrected chi connectivity index (χ2v) is 7.42. The van der Waals surface area contributed by atoms with Gasteiger partial charge in [-0.15, -0.1) is 0 Å². The molecule has 156 valence electrons. The number of carboxylic acid groups (broad SMARTS) is 1. The van der Waals surface area contributed by atoms with E-state index in [1.807, 2.05) is 19.1 Å². The second-order valence-electron chi connectivity index (χ2n) is 7.42. The molecule has 0 spiro atoms. The molecule has 2 aromatic rings. The summed E-state index contributed by atoms with van der Waals surface area (Å²) in [6.45, 7) is 5.85. The molecular weight excluding hydrogens is 370 g/mol. The van der Waals surface area contributed by atoms with Crippen LogP contribution in [0.5, 0.6) is 0 Å². The van der Waals surface area contributed by atoms with Gasteiger partial charge in [-0.05, 0) is 61.1 Å². The maximum Gasteiger partial charge on any atom is 0.336 e. The van der Waals surface area contributed by atoms with E-state index in [-0.39, 0.29) is 6.61 Å². The van der Waals surface area contributed by atoms with E-state index in [0.29, 0.717) is 17.2 Å². The van der Waals surface area contributed by atoms with Crippen LogP contribution in [0.25, 0.3) is 11.1 Å². The Hall–Kier alpha value is -2.41. The number of aliphatic hydroxyl groups excluding tert-OH is 2. The van der Waals surface area contributed by atoms with Crippen LogP contribution in [-0.4, -0.2) is 53.7 Å². The number of carboxylic acids is 1. The molecule has 1 unspecified atom stereocenters. The summed E-state index contributed by atoms with van der Waals surface area (Å²) in [6.07, 6.45) is 0.928. The van der Waals surface area contributed by atoms with E-state index in [1.54, 1.807) is 18.2 Å². The molecule has 1 aliphatic rings. The van der Waals surface area contributed by atoms with Gasteiger partial charge in [-0.1, -0.05) is 24.3 Å². The molecule has 0 saturated carbocycles. The topological polar surface area (TPSA) is 90.2 Å². The van der Waals surface area contributed by atoms with Crippen LogP contribution in [0.2, 0.25) is 0 Å². The summed E-state index contributed by atoms with van der Waals surface area (Å²) in [4.78, 5) is 14.2. The Morgan fingerprint density at radius 3 is 2.38 bits per heavy atom. The Labute approximate surface area is 171 Å². The number of aliphatic hydroxyl groups is 2. The maximum atomic E-state index is 11.9. The van der Waals surface area contributed by atoms with E-state index in [9.17, 15) is 15.0 Å². The SMILES string of the molecule is CCN(c1cc(-c2ccc(C(O)CO)cc2)cc(C(=O)O)c1C)C1CCOCC1. The van der Waals surface area contributed by atoms with Gasteiger partial charge in [-0.3, -0.25) is 0 Å². The molecule has 0 amide bonds. The zero-order chi connectivity index (χ0) is 21.0. The zero-order valence-corrected chi connectivity index (χ0v) is 17.0. The molecule has 6 heteroatoms. The lowest BCUT2D eigenvalue weighted by molar-refractivity contribution is 0.0695. The quantitative estimate of drug-likeness (QED) is 0.661. The lowest BCUT2D eigenvalue weighted by Gasteiger charge is -2.36. The van der Waals surface area contributed by atoms with Gasteiger partial charge in [-0.25, -0.2) is 4.79 Å². The predicted molar refractivity (Wildman–Crippen MR) is 112 cm³/mol. The van der Waals surface area contributed by atoms with Crippen molar-refractivity contribution in [2.24, 2.45) is 0 Å². The third kappa shape index (κ3) is 4.61. The smallest absolute Gasteiger partial charge is 0.336 e. The highest BCUT2D eigenvalue weighted by Crippen LogP contribution is 2.34. The molecule has 1 fully saturated rings. The van der Waals surface area contributed by atoms with Crippen molar-refractivity contribution in [1.29, 1.82) is 0 Å². The summed E-state index contributed by atoms with van der Waals surface area (Å²) in [5.74, 6) is -0.944. The number of ether oxygens (including phenoxy) is 1. The van der Waals surface area contributed by atoms with Gasteiger partial charge in [0.2, 0.25) is 0 Å². The summed E-state index contributed by atoms with van der Waals surface area (Å²) < 4.78 is 5.50. The summed E-state index contributed by atoms with van der Waals surface area (Å²) in [7, 11) is 0. The molecule has 2 aromatic carbocycles. The van der Waals surface area contributed by atoms with Crippen LogP contribution in [0.15, 0.2) is 36.4 Å². The summed E-state index contributed by atoms with van der Waals surface area (Å²) >= 11 is 0. The van der Waals surface area contributed by atoms with Crippen LogP contribution >= 0.6 is 0 Å². The summed E-state index contributed by atoms with van der Waals surface area (Å²) in [5.41, 5.74) is 4.31. The zero-order valence-electron chi connectivity index (χ0n) is 17.0. The van der Waals surface area contributed by atoms with Crippen LogP contribution in [0.3, 0.4) is 0 Å². The highest BCUT2D eigenvalue weighted by Gasteiger charge is 2.24. The summed E-state index contributed by atoms with van der Waals surface area (Å²) in [6, 6.07) is 11.3. The van der Waals surface area contributed by atoms with Gasteiger partial charge in [0, 0.05) is 31.5 Å². The molecule has 1 atom stereocenters. The van der Waals surface area contributed by atoms with Crippen molar-refractivity contribution in [1.82, 2.24) is 0 Å². The van der Waals surface area contributed by atoms with E-state index in [2.05, 4.69) is 17.9 Å². The van der Waals surface area contributed by atoms with Crippen LogP contribution in [0, 0.1) is 6.92 Å². The summed E-state index contributed by atoms with van der Waals surface area (Å²) in [5, 5.41) is 28.7. The first-order chi connectivity index (χ1) is 14.0. The van der Waals surface area contributed by atoms with Gasteiger partial charge in [-0.2, -0.15) is 0 Å². The highest BCUT2D eigenvalue weighted by molar-refractivity contribution is 5.94. The van der Waals surface area contributed by atoms with Gasteiger partial charge in [0.1, 0.15) is 6.10 Å². The minimum Gasteiger partial charge on any atom is -0.478 e. The lowest BCUT2D eigenvalue weighted by atomic mass is 9.95. The van der Waals surface area contributed by atoms with Gasteiger partial charge in [0.05, 0.1) is 12.2 Å². The van der Waals surface area contributed by atoms with Crippen molar-refractivity contribution >= 4 is 11.7 Å². The molecule has 29 heavy (non-hydrogen) atoms. The van der Waals surface area contributed by atoms with E-state index < -0.39 is 12.1 Å². The van der Waals surface area contributed by atoms with Crippen molar-refractivity contribution in [2.45, 2.75) is 38.8 Å². The molecule has 0 bridgehead atoms. The van der Waals surface area contributed by atoms with Crippen molar-refractivity contribution in [3.8, 4) is 11.1 Å². The van der Waals surface area contributed by atoms with Crippen molar-refractivity contribution < 1.29 is 24.9 Å². The molecule has 1 aliphatic heterocycles. The molecule has 0 aromatic heterocycles. The van der Waals surface area contributed by atoms with Crippen LogP contribution < -0.4 is 4.90 Å². The molecule has 0 radical (unpaired) electrons. The largest absolute Gasteiger partial charge is 0.478 e. The second kappa shape index (κ2) is 9.39. The standard InChI is InChI=1S/C23H29NO5/c1-3-24(19-8-10-29-11-9-19)21-13-18(12-20(15(21)2)23(27)28)16-4-6-17(7-5-16)22(26)14-25/h4-7,12-13,19,22,25-26H,3,8-11,14H2,1-2H3,(H,27,28). The first kappa shape index (κ1) is 21.3. The van der Waals surface area contributed by atoms with Crippen molar-refractivity contribution in [2.75, 3.05) is 31.3 Å². The molecule has 6 nitrogen and oxygen atoms in total. The van der Waals surface area contributed by atoms with Gasteiger partial charge < -0.3 is 25.0 Å². The van der Waals surface area contributed by atoms with E-state index in [0.717, 1.165) is 55.0 Å². The third-order valence-corrected chi connectivity index (χ3v) is 5.69. The van der Waals surface area contributed by atoms with Crippen molar-refractivity contribution in [3.63, 3.8) is 0 Å². The molecule has 1 heterocycles. The number of hydrogen-bond donors (Lipinski definition) is 3.